The molecule has 2 heterocycles. The third kappa shape index (κ3) is 4.79. The maximum absolute atomic E-state index is 13.7. The summed E-state index contributed by atoms with van der Waals surface area (Å²) in [6.07, 6.45) is 1.87. The number of anilines is 2. The summed E-state index contributed by atoms with van der Waals surface area (Å²) in [5.74, 6) is -0.455. The minimum absolute atomic E-state index is 0.179. The predicted octanol–water partition coefficient (Wildman–Crippen LogP) is 2.93. The summed E-state index contributed by atoms with van der Waals surface area (Å²) in [6.45, 7) is 3.81. The first-order valence-electron chi connectivity index (χ1n) is 11.5. The van der Waals surface area contributed by atoms with E-state index in [1.165, 1.54) is 11.3 Å². The van der Waals surface area contributed by atoms with Crippen LogP contribution >= 0.6 is 11.3 Å². The lowest BCUT2D eigenvalue weighted by atomic mass is 9.95. The number of esters is 1. The van der Waals surface area contributed by atoms with Crippen LogP contribution in [0.25, 0.3) is 6.08 Å². The first-order chi connectivity index (χ1) is 16.7. The Morgan fingerprint density at radius 1 is 1.03 bits per heavy atom. The van der Waals surface area contributed by atoms with Crippen molar-refractivity contribution in [3.63, 3.8) is 0 Å². The molecule has 1 atom stereocenters. The fourth-order valence-electron chi connectivity index (χ4n) is 4.08. The molecule has 1 unspecified atom stereocenters. The summed E-state index contributed by atoms with van der Waals surface area (Å²) in [5.41, 5.74) is 4.64. The number of nitrogens with zero attached hydrogens (tertiary/aromatic N) is 4. The number of thiazole rings is 1. The number of aromatic nitrogens is 1. The zero-order valence-corrected chi connectivity index (χ0v) is 21.7. The van der Waals surface area contributed by atoms with Gasteiger partial charge in [0.05, 0.1) is 28.5 Å². The number of benzene rings is 2. The molecule has 2 aromatic carbocycles. The molecule has 4 rings (SSSR count). The highest BCUT2D eigenvalue weighted by Crippen LogP contribution is 2.31. The standard InChI is InChI=1S/C27H30N4O3S/c1-7-34-26(33)23-17(2)28-27-31(24(23)19-10-14-21(15-11-19)30(5)6)25(32)22(35-27)16-18-8-12-20(13-9-18)29(3)4/h8-16,24H,7H2,1-6H3/b22-16+. The van der Waals surface area contributed by atoms with Gasteiger partial charge in [-0.25, -0.2) is 9.79 Å². The van der Waals surface area contributed by atoms with Gasteiger partial charge in [-0.1, -0.05) is 35.6 Å². The zero-order chi connectivity index (χ0) is 25.3. The second kappa shape index (κ2) is 9.92. The molecule has 0 N–H and O–H groups in total. The van der Waals surface area contributed by atoms with Crippen LogP contribution in [-0.4, -0.2) is 45.3 Å². The first-order valence-corrected chi connectivity index (χ1v) is 12.3. The van der Waals surface area contributed by atoms with Crippen molar-refractivity contribution in [1.29, 1.82) is 0 Å². The molecule has 0 bridgehead atoms. The van der Waals surface area contributed by atoms with Crippen molar-refractivity contribution in [2.75, 3.05) is 44.6 Å². The number of carbonyl (C=O) groups is 1. The lowest BCUT2D eigenvalue weighted by Gasteiger charge is -2.25. The molecule has 8 heteroatoms. The van der Waals surface area contributed by atoms with Gasteiger partial charge in [0.15, 0.2) is 4.80 Å². The number of fused-ring (bicyclic) bond motifs is 1. The second-order valence-corrected chi connectivity index (χ2v) is 9.78. The minimum Gasteiger partial charge on any atom is -0.463 e. The number of hydrogen-bond acceptors (Lipinski definition) is 7. The van der Waals surface area contributed by atoms with Crippen molar-refractivity contribution in [1.82, 2.24) is 4.57 Å². The van der Waals surface area contributed by atoms with Crippen LogP contribution in [0.4, 0.5) is 11.4 Å². The minimum atomic E-state index is -0.611. The highest BCUT2D eigenvalue weighted by molar-refractivity contribution is 7.07. The van der Waals surface area contributed by atoms with Crippen molar-refractivity contribution >= 4 is 34.8 Å². The van der Waals surface area contributed by atoms with E-state index in [0.717, 1.165) is 22.5 Å². The number of hydrogen-bond donors (Lipinski definition) is 0. The van der Waals surface area contributed by atoms with E-state index in [9.17, 15) is 9.59 Å². The fraction of sp³-hybridized carbons (Fsp3) is 0.296. The molecule has 1 aromatic heterocycles. The summed E-state index contributed by atoms with van der Waals surface area (Å²) in [4.78, 5) is 35.9. The Balaban J connectivity index is 1.88. The number of rotatable bonds is 6. The van der Waals surface area contributed by atoms with Gasteiger partial charge in [0.2, 0.25) is 0 Å². The van der Waals surface area contributed by atoms with Gasteiger partial charge >= 0.3 is 5.97 Å². The van der Waals surface area contributed by atoms with Crippen LogP contribution in [0.1, 0.15) is 31.0 Å². The molecule has 1 aliphatic rings. The predicted molar refractivity (Wildman–Crippen MR) is 142 cm³/mol. The van der Waals surface area contributed by atoms with Crippen molar-refractivity contribution in [2.24, 2.45) is 4.99 Å². The summed E-state index contributed by atoms with van der Waals surface area (Å²) in [6, 6.07) is 15.3. The van der Waals surface area contributed by atoms with E-state index >= 15 is 0 Å². The second-order valence-electron chi connectivity index (χ2n) is 8.77. The van der Waals surface area contributed by atoms with Crippen molar-refractivity contribution in [3.8, 4) is 0 Å². The lowest BCUT2D eigenvalue weighted by Crippen LogP contribution is -2.39. The summed E-state index contributed by atoms with van der Waals surface area (Å²) in [7, 11) is 7.91. The molecule has 0 radical (unpaired) electrons. The molecular formula is C27H30N4O3S. The van der Waals surface area contributed by atoms with E-state index in [2.05, 4.69) is 4.99 Å². The highest BCUT2D eigenvalue weighted by Gasteiger charge is 2.33. The Kier molecular flexibility index (Phi) is 6.93. The summed E-state index contributed by atoms with van der Waals surface area (Å²) < 4.78 is 7.55. The summed E-state index contributed by atoms with van der Waals surface area (Å²) >= 11 is 1.33. The van der Waals surface area contributed by atoms with Gasteiger partial charge in [-0.3, -0.25) is 9.36 Å². The maximum atomic E-state index is 13.7. The monoisotopic (exact) mass is 490 g/mol. The Morgan fingerprint density at radius 3 is 2.14 bits per heavy atom. The van der Waals surface area contributed by atoms with Crippen LogP contribution in [0.2, 0.25) is 0 Å². The topological polar surface area (TPSA) is 67.1 Å². The Labute approximate surface area is 208 Å². The molecule has 0 fully saturated rings. The third-order valence-electron chi connectivity index (χ3n) is 5.95. The molecule has 0 saturated carbocycles. The van der Waals surface area contributed by atoms with Gasteiger partial charge in [0, 0.05) is 39.6 Å². The smallest absolute Gasteiger partial charge is 0.338 e. The SMILES string of the molecule is CCOC(=O)C1=C(C)N=c2s/c(=C/c3ccc(N(C)C)cc3)c(=O)n2C1c1ccc(N(C)C)cc1. The van der Waals surface area contributed by atoms with Crippen LogP contribution in [0, 0.1) is 0 Å². The number of carbonyl (C=O) groups excluding carboxylic acids is 1. The molecule has 0 aliphatic carbocycles. The number of ether oxygens (including phenoxy) is 1. The molecule has 0 spiro atoms. The fourth-order valence-corrected chi connectivity index (χ4v) is 5.13. The van der Waals surface area contributed by atoms with E-state index in [1.807, 2.05) is 92.6 Å². The van der Waals surface area contributed by atoms with Crippen molar-refractivity contribution in [2.45, 2.75) is 19.9 Å². The normalized spacial score (nSPS) is 15.5. The molecule has 0 amide bonds. The maximum Gasteiger partial charge on any atom is 0.338 e. The van der Waals surface area contributed by atoms with E-state index in [0.29, 0.717) is 20.6 Å². The first kappa shape index (κ1) is 24.5. The van der Waals surface area contributed by atoms with Crippen LogP contribution in [0.3, 0.4) is 0 Å². The van der Waals surface area contributed by atoms with E-state index in [4.69, 9.17) is 4.74 Å². The lowest BCUT2D eigenvalue weighted by molar-refractivity contribution is -0.139. The van der Waals surface area contributed by atoms with Gasteiger partial charge in [-0.2, -0.15) is 0 Å². The largest absolute Gasteiger partial charge is 0.463 e. The van der Waals surface area contributed by atoms with Gasteiger partial charge in [0.1, 0.15) is 0 Å². The quantitative estimate of drug-likeness (QED) is 0.497. The van der Waals surface area contributed by atoms with Gasteiger partial charge < -0.3 is 14.5 Å². The van der Waals surface area contributed by atoms with Crippen LogP contribution < -0.4 is 24.7 Å². The average Bonchev–Trinajstić information content (AvgIpc) is 3.13. The molecule has 0 saturated heterocycles. The Hall–Kier alpha value is -3.65. The van der Waals surface area contributed by atoms with Crippen LogP contribution in [0.5, 0.6) is 0 Å². The average molecular weight is 491 g/mol. The van der Waals surface area contributed by atoms with E-state index in [-0.39, 0.29) is 12.2 Å². The zero-order valence-electron chi connectivity index (χ0n) is 20.9. The molecule has 35 heavy (non-hydrogen) atoms. The Bertz CT molecular complexity index is 1450. The molecule has 3 aromatic rings. The van der Waals surface area contributed by atoms with Crippen LogP contribution in [0.15, 0.2) is 69.6 Å². The van der Waals surface area contributed by atoms with E-state index in [1.54, 1.807) is 18.4 Å². The molecular weight excluding hydrogens is 460 g/mol. The van der Waals surface area contributed by atoms with Gasteiger partial charge in [0.25, 0.3) is 5.56 Å². The molecule has 1 aliphatic heterocycles. The number of allylic oxidation sites excluding steroid dienone is 1. The third-order valence-corrected chi connectivity index (χ3v) is 6.93. The Morgan fingerprint density at radius 2 is 1.60 bits per heavy atom. The van der Waals surface area contributed by atoms with Crippen molar-refractivity contribution < 1.29 is 9.53 Å². The van der Waals surface area contributed by atoms with Gasteiger partial charge in [-0.05, 0) is 55.3 Å². The summed E-state index contributed by atoms with van der Waals surface area (Å²) in [5, 5.41) is 0. The van der Waals surface area contributed by atoms with Crippen molar-refractivity contribution in [3.05, 3.63) is 90.6 Å². The molecule has 7 nitrogen and oxygen atoms in total. The highest BCUT2D eigenvalue weighted by atomic mass is 32.1. The van der Waals surface area contributed by atoms with Gasteiger partial charge in [-0.15, -0.1) is 0 Å². The van der Waals surface area contributed by atoms with E-state index < -0.39 is 12.0 Å². The molecule has 182 valence electrons. The van der Waals surface area contributed by atoms with Crippen LogP contribution in [-0.2, 0) is 9.53 Å².